The third-order valence-electron chi connectivity index (χ3n) is 8.20. The van der Waals surface area contributed by atoms with Crippen LogP contribution in [0.25, 0.3) is 0 Å². The molecule has 0 aromatic rings. The summed E-state index contributed by atoms with van der Waals surface area (Å²) in [6, 6.07) is 0. The summed E-state index contributed by atoms with van der Waals surface area (Å²) >= 11 is 0. The van der Waals surface area contributed by atoms with Crippen molar-refractivity contribution in [1.29, 1.82) is 0 Å². The minimum absolute atomic E-state index is 0.615. The van der Waals surface area contributed by atoms with Crippen molar-refractivity contribution < 1.29 is 0 Å². The fraction of sp³-hybridized carbons (Fsp3) is 0.905. The zero-order chi connectivity index (χ0) is 15.0. The molecule has 122 valence electrons. The monoisotopic (exact) mass is 298 g/mol. The van der Waals surface area contributed by atoms with Gasteiger partial charge in [0.2, 0.25) is 0 Å². The highest BCUT2D eigenvalue weighted by atomic mass is 14.5. The van der Waals surface area contributed by atoms with Crippen molar-refractivity contribution >= 4 is 6.71 Å². The van der Waals surface area contributed by atoms with Crippen molar-refractivity contribution in [2.45, 2.75) is 108 Å². The predicted octanol–water partition coefficient (Wildman–Crippen LogP) is 6.90. The number of hydrogen-bond acceptors (Lipinski definition) is 0. The smallest absolute Gasteiger partial charge is 0.0848 e. The molecule has 0 amide bonds. The van der Waals surface area contributed by atoms with Crippen LogP contribution >= 0.6 is 0 Å². The number of allylic oxidation sites excluding steroid dienone is 2. The molecule has 0 aromatic carbocycles. The quantitative estimate of drug-likeness (QED) is 0.391. The highest BCUT2D eigenvalue weighted by molar-refractivity contribution is 6.64. The van der Waals surface area contributed by atoms with Crippen molar-refractivity contribution in [2.24, 2.45) is 11.3 Å². The molecule has 2 bridgehead atoms. The second kappa shape index (κ2) is 6.37. The highest BCUT2D eigenvalue weighted by Crippen LogP contribution is 2.60. The fourth-order valence-electron chi connectivity index (χ4n) is 6.98. The molecular weight excluding hydrogens is 263 g/mol. The summed E-state index contributed by atoms with van der Waals surface area (Å²) in [4.78, 5) is 0. The maximum atomic E-state index is 2.69. The lowest BCUT2D eigenvalue weighted by atomic mass is 9.22. The Balaban J connectivity index is 1.56. The molecular formula is C21H35B. The van der Waals surface area contributed by atoms with E-state index in [1.165, 1.54) is 57.8 Å². The van der Waals surface area contributed by atoms with E-state index in [1.54, 1.807) is 25.7 Å². The highest BCUT2D eigenvalue weighted by Gasteiger charge is 2.50. The first-order valence-electron chi connectivity index (χ1n) is 10.5. The molecule has 0 spiro atoms. The molecule has 22 heavy (non-hydrogen) atoms. The first-order chi connectivity index (χ1) is 10.8. The van der Waals surface area contributed by atoms with E-state index in [4.69, 9.17) is 0 Å². The normalized spacial score (nSPS) is 37.6. The van der Waals surface area contributed by atoms with E-state index < -0.39 is 0 Å². The molecule has 4 rings (SSSR count). The Bertz CT molecular complexity index is 384. The van der Waals surface area contributed by atoms with Crippen molar-refractivity contribution in [1.82, 2.24) is 0 Å². The van der Waals surface area contributed by atoms with E-state index in [2.05, 4.69) is 19.1 Å². The molecule has 0 aromatic heterocycles. The van der Waals surface area contributed by atoms with Gasteiger partial charge >= 0.3 is 0 Å². The summed E-state index contributed by atoms with van der Waals surface area (Å²) < 4.78 is 0. The van der Waals surface area contributed by atoms with Crippen molar-refractivity contribution in [3.05, 3.63) is 12.2 Å². The van der Waals surface area contributed by atoms with Crippen LogP contribution in [0.2, 0.25) is 17.5 Å². The van der Waals surface area contributed by atoms with Crippen LogP contribution in [0.5, 0.6) is 0 Å². The summed E-state index contributed by atoms with van der Waals surface area (Å²) in [6.45, 7) is 3.72. The standard InChI is InChI=1S/C21H35B/c1-17(21-14-12-18(16-21)13-15-21)22(19-8-4-2-5-9-19)20-10-6-3-7-11-20/h12,14,17-20H,2-11,13,15-16H2,1H3. The molecule has 4 aliphatic carbocycles. The topological polar surface area (TPSA) is 0 Å². The van der Waals surface area contributed by atoms with Gasteiger partial charge in [0.1, 0.15) is 6.71 Å². The largest absolute Gasteiger partial charge is 0.150 e. The second-order valence-electron chi connectivity index (χ2n) is 9.26. The zero-order valence-electron chi connectivity index (χ0n) is 14.7. The third-order valence-corrected chi connectivity index (χ3v) is 8.20. The van der Waals surface area contributed by atoms with Gasteiger partial charge in [0.15, 0.2) is 0 Å². The molecule has 0 aliphatic heterocycles. The first kappa shape index (κ1) is 15.3. The summed E-state index contributed by atoms with van der Waals surface area (Å²) in [6.07, 6.45) is 25.1. The molecule has 4 aliphatic rings. The van der Waals surface area contributed by atoms with E-state index in [0.29, 0.717) is 5.41 Å². The molecule has 1 heteroatoms. The summed E-state index contributed by atoms with van der Waals surface area (Å²) in [7, 11) is 0. The molecule has 0 heterocycles. The fourth-order valence-corrected chi connectivity index (χ4v) is 6.98. The van der Waals surface area contributed by atoms with Crippen LogP contribution in [-0.4, -0.2) is 6.71 Å². The molecule has 0 saturated heterocycles. The van der Waals surface area contributed by atoms with Gasteiger partial charge in [-0.1, -0.05) is 101 Å². The van der Waals surface area contributed by atoms with Gasteiger partial charge in [0.25, 0.3) is 0 Å². The Hall–Kier alpha value is -0.195. The van der Waals surface area contributed by atoms with E-state index in [9.17, 15) is 0 Å². The minimum atomic E-state index is 0.615. The summed E-state index contributed by atoms with van der Waals surface area (Å²) in [5, 5.41) is 0. The van der Waals surface area contributed by atoms with Crippen LogP contribution in [0.1, 0.15) is 90.4 Å². The van der Waals surface area contributed by atoms with Gasteiger partial charge in [-0.15, -0.1) is 0 Å². The molecule has 0 N–H and O–H groups in total. The van der Waals surface area contributed by atoms with Crippen LogP contribution in [-0.2, 0) is 0 Å². The zero-order valence-corrected chi connectivity index (χ0v) is 14.7. The minimum Gasteiger partial charge on any atom is -0.0848 e. The summed E-state index contributed by atoms with van der Waals surface area (Å²) in [5.74, 6) is 4.02. The van der Waals surface area contributed by atoms with Gasteiger partial charge in [0, 0.05) is 0 Å². The molecule has 3 saturated carbocycles. The van der Waals surface area contributed by atoms with E-state index in [-0.39, 0.29) is 0 Å². The van der Waals surface area contributed by atoms with Crippen LogP contribution in [0.15, 0.2) is 12.2 Å². The Morgan fingerprint density at radius 3 is 1.86 bits per heavy atom. The molecule has 0 radical (unpaired) electrons. The molecule has 3 fully saturated rings. The van der Waals surface area contributed by atoms with Gasteiger partial charge in [-0.3, -0.25) is 0 Å². The number of fused-ring (bicyclic) bond motifs is 2. The van der Waals surface area contributed by atoms with Crippen LogP contribution in [0, 0.1) is 11.3 Å². The van der Waals surface area contributed by atoms with Crippen molar-refractivity contribution in [2.75, 3.05) is 0 Å². The van der Waals surface area contributed by atoms with E-state index in [1.807, 2.05) is 0 Å². The first-order valence-corrected chi connectivity index (χ1v) is 10.5. The van der Waals surface area contributed by atoms with Crippen LogP contribution < -0.4 is 0 Å². The van der Waals surface area contributed by atoms with Crippen molar-refractivity contribution in [3.8, 4) is 0 Å². The van der Waals surface area contributed by atoms with Crippen molar-refractivity contribution in [3.63, 3.8) is 0 Å². The summed E-state index contributed by atoms with van der Waals surface area (Å²) in [5.41, 5.74) is 0.615. The molecule has 0 nitrogen and oxygen atoms in total. The Kier molecular flexibility index (Phi) is 4.44. The lowest BCUT2D eigenvalue weighted by Crippen LogP contribution is -2.39. The van der Waals surface area contributed by atoms with Crippen LogP contribution in [0.4, 0.5) is 0 Å². The third kappa shape index (κ3) is 2.71. The maximum absolute atomic E-state index is 2.69. The Labute approximate surface area is 138 Å². The number of hydrogen-bond donors (Lipinski definition) is 0. The maximum Gasteiger partial charge on any atom is 0.150 e. The average Bonchev–Trinajstić information content (AvgIpc) is 3.19. The predicted molar refractivity (Wildman–Crippen MR) is 97.8 cm³/mol. The average molecular weight is 298 g/mol. The number of rotatable bonds is 4. The van der Waals surface area contributed by atoms with Gasteiger partial charge in [-0.25, -0.2) is 0 Å². The van der Waals surface area contributed by atoms with E-state index in [0.717, 1.165) is 30.1 Å². The van der Waals surface area contributed by atoms with Gasteiger partial charge < -0.3 is 0 Å². The SMILES string of the molecule is CC(B(C1CCCCC1)C1CCCCC1)C12C=CC(CC1)C2. The molecule has 3 atom stereocenters. The lowest BCUT2D eigenvalue weighted by molar-refractivity contribution is 0.362. The Morgan fingerprint density at radius 2 is 1.45 bits per heavy atom. The van der Waals surface area contributed by atoms with Crippen LogP contribution in [0.3, 0.4) is 0 Å². The molecule has 3 unspecified atom stereocenters. The Morgan fingerprint density at radius 1 is 0.864 bits per heavy atom. The van der Waals surface area contributed by atoms with Gasteiger partial charge in [-0.2, -0.15) is 0 Å². The van der Waals surface area contributed by atoms with Gasteiger partial charge in [-0.05, 0) is 30.6 Å². The second-order valence-corrected chi connectivity index (χ2v) is 9.26. The lowest BCUT2D eigenvalue weighted by Gasteiger charge is -2.45. The van der Waals surface area contributed by atoms with E-state index >= 15 is 0 Å². The van der Waals surface area contributed by atoms with Gasteiger partial charge in [0.05, 0.1) is 0 Å².